The van der Waals surface area contributed by atoms with Crippen molar-refractivity contribution in [1.29, 1.82) is 0 Å². The van der Waals surface area contributed by atoms with E-state index in [1.807, 2.05) is 0 Å². The highest BCUT2D eigenvalue weighted by Crippen LogP contribution is 2.24. The molecule has 1 aromatic carbocycles. The molecule has 0 unspecified atom stereocenters. The molecule has 0 bridgehead atoms. The van der Waals surface area contributed by atoms with Gasteiger partial charge < -0.3 is 10.1 Å². The molecule has 0 aliphatic rings. The number of halogens is 1. The smallest absolute Gasteiger partial charge is 0.210 e. The number of anilines is 1. The van der Waals surface area contributed by atoms with E-state index in [4.69, 9.17) is 9.88 Å². The van der Waals surface area contributed by atoms with Gasteiger partial charge in [0.15, 0.2) is 0 Å². The van der Waals surface area contributed by atoms with Gasteiger partial charge in [-0.05, 0) is 12.1 Å². The van der Waals surface area contributed by atoms with Crippen LogP contribution in [0.15, 0.2) is 18.2 Å². The third-order valence-corrected chi connectivity index (χ3v) is 2.64. The zero-order valence-electron chi connectivity index (χ0n) is 8.73. The Bertz CT molecular complexity index is 462. The summed E-state index contributed by atoms with van der Waals surface area (Å²) in [6, 6.07) is 3.93. The highest BCUT2D eigenvalue weighted by Gasteiger charge is 2.06. The van der Waals surface area contributed by atoms with Crippen LogP contribution in [0, 0.1) is 5.82 Å². The molecule has 0 aliphatic carbocycles. The van der Waals surface area contributed by atoms with Crippen LogP contribution in [0.1, 0.15) is 0 Å². The molecule has 0 aromatic heterocycles. The van der Waals surface area contributed by atoms with Crippen molar-refractivity contribution in [2.24, 2.45) is 5.14 Å². The predicted octanol–water partition coefficient (Wildman–Crippen LogP) is 0.535. The van der Waals surface area contributed by atoms with Gasteiger partial charge >= 0.3 is 0 Å². The highest BCUT2D eigenvalue weighted by molar-refractivity contribution is 7.89. The van der Waals surface area contributed by atoms with Gasteiger partial charge in [-0.25, -0.2) is 17.9 Å². The quantitative estimate of drug-likeness (QED) is 0.796. The van der Waals surface area contributed by atoms with Gasteiger partial charge in [0, 0.05) is 12.6 Å². The van der Waals surface area contributed by atoms with Crippen LogP contribution < -0.4 is 15.2 Å². The van der Waals surface area contributed by atoms with Crippen molar-refractivity contribution < 1.29 is 17.5 Å². The van der Waals surface area contributed by atoms with E-state index in [9.17, 15) is 12.8 Å². The lowest BCUT2D eigenvalue weighted by Crippen LogP contribution is -2.22. The lowest BCUT2D eigenvalue weighted by molar-refractivity contribution is 0.413. The summed E-state index contributed by atoms with van der Waals surface area (Å²) in [4.78, 5) is 0. The lowest BCUT2D eigenvalue weighted by atomic mass is 10.3. The first-order valence-corrected chi connectivity index (χ1v) is 6.22. The van der Waals surface area contributed by atoms with E-state index in [1.165, 1.54) is 25.3 Å². The Hall–Kier alpha value is -1.34. The summed E-state index contributed by atoms with van der Waals surface area (Å²) in [5.74, 6) is -0.309. The standard InChI is InChI=1S/C9H13FN2O3S/c1-15-9-6-7(10)2-3-8(9)12-4-5-16(11,13)14/h2-3,6,12H,4-5H2,1H3,(H2,11,13,14). The van der Waals surface area contributed by atoms with Crippen LogP contribution in [0.25, 0.3) is 0 Å². The van der Waals surface area contributed by atoms with Gasteiger partial charge in [-0.3, -0.25) is 0 Å². The molecule has 0 aliphatic heterocycles. The van der Waals surface area contributed by atoms with E-state index in [0.717, 1.165) is 0 Å². The number of ether oxygens (including phenoxy) is 1. The third-order valence-electron chi connectivity index (χ3n) is 1.87. The Labute approximate surface area is 93.5 Å². The Morgan fingerprint density at radius 1 is 1.50 bits per heavy atom. The number of methoxy groups -OCH3 is 1. The molecule has 16 heavy (non-hydrogen) atoms. The van der Waals surface area contributed by atoms with Gasteiger partial charge in [0.1, 0.15) is 11.6 Å². The number of benzene rings is 1. The summed E-state index contributed by atoms with van der Waals surface area (Å²) < 4.78 is 39.1. The fraction of sp³-hybridized carbons (Fsp3) is 0.333. The van der Waals surface area contributed by atoms with Crippen molar-refractivity contribution in [3.63, 3.8) is 0 Å². The Kier molecular flexibility index (Phi) is 4.08. The second-order valence-corrected chi connectivity index (χ2v) is 4.87. The van der Waals surface area contributed by atoms with E-state index in [-0.39, 0.29) is 12.3 Å². The van der Waals surface area contributed by atoms with Gasteiger partial charge in [0.05, 0.1) is 18.6 Å². The molecule has 0 saturated heterocycles. The molecule has 3 N–H and O–H groups in total. The van der Waals surface area contributed by atoms with E-state index in [2.05, 4.69) is 5.32 Å². The predicted molar refractivity (Wildman–Crippen MR) is 59.4 cm³/mol. The number of sulfonamides is 1. The number of hydrogen-bond acceptors (Lipinski definition) is 4. The summed E-state index contributed by atoms with van der Waals surface area (Å²) in [6.45, 7) is 0.140. The van der Waals surface area contributed by atoms with Crippen LogP contribution in [0.5, 0.6) is 5.75 Å². The molecule has 0 atom stereocenters. The minimum absolute atomic E-state index is 0.140. The van der Waals surface area contributed by atoms with E-state index in [0.29, 0.717) is 11.4 Å². The minimum Gasteiger partial charge on any atom is -0.494 e. The average molecular weight is 248 g/mol. The Morgan fingerprint density at radius 3 is 2.75 bits per heavy atom. The van der Waals surface area contributed by atoms with Crippen LogP contribution in [0.2, 0.25) is 0 Å². The van der Waals surface area contributed by atoms with Crippen LogP contribution in [-0.4, -0.2) is 27.8 Å². The first-order chi connectivity index (χ1) is 7.42. The fourth-order valence-corrected chi connectivity index (χ4v) is 1.53. The van der Waals surface area contributed by atoms with Crippen LogP contribution in [0.4, 0.5) is 10.1 Å². The molecule has 7 heteroatoms. The molecular formula is C9H13FN2O3S. The van der Waals surface area contributed by atoms with Crippen LogP contribution >= 0.6 is 0 Å². The SMILES string of the molecule is COc1cc(F)ccc1NCCS(N)(=O)=O. The van der Waals surface area contributed by atoms with Crippen molar-refractivity contribution >= 4 is 15.7 Å². The molecule has 0 fully saturated rings. The topological polar surface area (TPSA) is 81.4 Å². The van der Waals surface area contributed by atoms with E-state index in [1.54, 1.807) is 0 Å². The summed E-state index contributed by atoms with van der Waals surface area (Å²) in [5.41, 5.74) is 0.521. The zero-order valence-corrected chi connectivity index (χ0v) is 9.55. The van der Waals surface area contributed by atoms with Gasteiger partial charge in [-0.2, -0.15) is 0 Å². The number of rotatable bonds is 5. The molecule has 1 rings (SSSR count). The van der Waals surface area contributed by atoms with Crippen molar-refractivity contribution in [1.82, 2.24) is 0 Å². The van der Waals surface area contributed by atoms with E-state index >= 15 is 0 Å². The molecule has 0 saturated carbocycles. The summed E-state index contributed by atoms with van der Waals surface area (Å²) in [6.07, 6.45) is 0. The molecule has 0 radical (unpaired) electrons. The van der Waals surface area contributed by atoms with Gasteiger partial charge in [0.25, 0.3) is 0 Å². The molecular weight excluding hydrogens is 235 g/mol. The normalized spacial score (nSPS) is 11.2. The molecule has 90 valence electrons. The van der Waals surface area contributed by atoms with Crippen LogP contribution in [0.3, 0.4) is 0 Å². The summed E-state index contributed by atoms with van der Waals surface area (Å²) in [7, 11) is -2.10. The third kappa shape index (κ3) is 4.03. The maximum Gasteiger partial charge on any atom is 0.210 e. The zero-order chi connectivity index (χ0) is 12.2. The number of primary sulfonamides is 1. The monoisotopic (exact) mass is 248 g/mol. The van der Waals surface area contributed by atoms with E-state index < -0.39 is 15.8 Å². The maximum absolute atomic E-state index is 12.8. The maximum atomic E-state index is 12.8. The Morgan fingerprint density at radius 2 is 2.19 bits per heavy atom. The summed E-state index contributed by atoms with van der Waals surface area (Å²) in [5, 5.41) is 7.63. The highest BCUT2D eigenvalue weighted by atomic mass is 32.2. The van der Waals surface area contributed by atoms with Crippen LogP contribution in [-0.2, 0) is 10.0 Å². The molecule has 0 heterocycles. The molecule has 1 aromatic rings. The number of nitrogens with two attached hydrogens (primary N) is 1. The van der Waals surface area contributed by atoms with Crippen molar-refractivity contribution in [3.05, 3.63) is 24.0 Å². The molecule has 5 nitrogen and oxygen atoms in total. The molecule has 0 spiro atoms. The lowest BCUT2D eigenvalue weighted by Gasteiger charge is -2.10. The van der Waals surface area contributed by atoms with Gasteiger partial charge in [-0.15, -0.1) is 0 Å². The fourth-order valence-electron chi connectivity index (χ4n) is 1.14. The second kappa shape index (κ2) is 5.13. The Balaban J connectivity index is 2.67. The minimum atomic E-state index is -3.50. The first kappa shape index (κ1) is 12.7. The average Bonchev–Trinajstić information content (AvgIpc) is 2.18. The van der Waals surface area contributed by atoms with Gasteiger partial charge in [-0.1, -0.05) is 0 Å². The summed E-state index contributed by atoms with van der Waals surface area (Å²) >= 11 is 0. The second-order valence-electron chi connectivity index (χ2n) is 3.14. The van der Waals surface area contributed by atoms with Gasteiger partial charge in [0.2, 0.25) is 10.0 Å². The van der Waals surface area contributed by atoms with Crippen molar-refractivity contribution in [2.75, 3.05) is 24.7 Å². The molecule has 0 amide bonds. The number of hydrogen-bond donors (Lipinski definition) is 2. The largest absolute Gasteiger partial charge is 0.494 e. The first-order valence-electron chi connectivity index (χ1n) is 4.50. The number of nitrogens with one attached hydrogen (secondary N) is 1. The van der Waals surface area contributed by atoms with Crippen molar-refractivity contribution in [3.8, 4) is 5.75 Å². The van der Waals surface area contributed by atoms with Crippen molar-refractivity contribution in [2.45, 2.75) is 0 Å².